The summed E-state index contributed by atoms with van der Waals surface area (Å²) in [6.07, 6.45) is -4.45. The number of anilines is 1. The van der Waals surface area contributed by atoms with Gasteiger partial charge in [-0.3, -0.25) is 14.4 Å². The van der Waals surface area contributed by atoms with Gasteiger partial charge in [-0.15, -0.1) is 0 Å². The molecule has 3 amide bonds. The van der Waals surface area contributed by atoms with E-state index in [0.717, 1.165) is 22.8 Å². The highest BCUT2D eigenvalue weighted by Gasteiger charge is 2.34. The van der Waals surface area contributed by atoms with Gasteiger partial charge in [0.1, 0.15) is 11.9 Å². The van der Waals surface area contributed by atoms with Gasteiger partial charge in [0.15, 0.2) is 5.81 Å². The standard InChI is InChI=1S/C28H24BF4N3O3/c29-27(39)35-24(14-17-5-2-1-3-6-17)26(38)36-12-11-20-19(16-36)7-4-8-23(20)34-25(37)15-18-9-10-21(22(30)13-18)28(31,32)33/h1-10,13,24H,11-12,14-16H2,(H,34,37)(H,35,39)/t24-/m0/s1. The van der Waals surface area contributed by atoms with Crippen LogP contribution in [0.1, 0.15) is 27.8 Å². The number of nitrogens with zero attached hydrogens (tertiary/aromatic N) is 1. The van der Waals surface area contributed by atoms with Gasteiger partial charge in [0.2, 0.25) is 19.7 Å². The van der Waals surface area contributed by atoms with Crippen molar-refractivity contribution < 1.29 is 31.9 Å². The average Bonchev–Trinajstić information content (AvgIpc) is 2.87. The van der Waals surface area contributed by atoms with Gasteiger partial charge >= 0.3 is 6.18 Å². The summed E-state index contributed by atoms with van der Waals surface area (Å²) in [6, 6.07) is 16.0. The third kappa shape index (κ3) is 7.04. The van der Waals surface area contributed by atoms with Gasteiger partial charge < -0.3 is 15.5 Å². The number of carbonyl (C=O) groups excluding carboxylic acids is 3. The number of amides is 3. The normalized spacial score (nSPS) is 13.8. The Labute approximate surface area is 223 Å². The molecule has 2 N–H and O–H groups in total. The predicted octanol–water partition coefficient (Wildman–Crippen LogP) is 4.40. The second kappa shape index (κ2) is 11.7. The third-order valence-electron chi connectivity index (χ3n) is 6.45. The van der Waals surface area contributed by atoms with Crippen LogP contribution in [0.2, 0.25) is 0 Å². The Bertz CT molecular complexity index is 1380. The molecule has 0 bridgehead atoms. The van der Waals surface area contributed by atoms with Crippen LogP contribution in [0.3, 0.4) is 0 Å². The summed E-state index contributed by atoms with van der Waals surface area (Å²) in [7, 11) is 5.32. The average molecular weight is 537 g/mol. The van der Waals surface area contributed by atoms with Crippen LogP contribution in [0.4, 0.5) is 28.0 Å². The molecule has 1 aliphatic heterocycles. The number of hydrogen-bond acceptors (Lipinski definition) is 3. The van der Waals surface area contributed by atoms with E-state index in [1.54, 1.807) is 17.0 Å². The number of hydrogen-bond donors (Lipinski definition) is 2. The minimum atomic E-state index is -4.82. The molecule has 0 aromatic heterocycles. The van der Waals surface area contributed by atoms with Gasteiger partial charge in [0.25, 0.3) is 0 Å². The van der Waals surface area contributed by atoms with E-state index in [1.807, 2.05) is 36.4 Å². The number of halogens is 4. The summed E-state index contributed by atoms with van der Waals surface area (Å²) >= 11 is 0. The van der Waals surface area contributed by atoms with E-state index >= 15 is 0 Å². The molecule has 39 heavy (non-hydrogen) atoms. The highest BCUT2D eigenvalue weighted by atomic mass is 19.4. The van der Waals surface area contributed by atoms with E-state index in [4.69, 9.17) is 7.85 Å². The van der Waals surface area contributed by atoms with Gasteiger partial charge in [-0.25, -0.2) is 4.39 Å². The molecule has 0 aliphatic carbocycles. The quantitative estimate of drug-likeness (QED) is 0.347. The molecule has 6 nitrogen and oxygen atoms in total. The van der Waals surface area contributed by atoms with Crippen molar-refractivity contribution in [2.24, 2.45) is 0 Å². The Hall–Kier alpha value is -4.15. The first-order valence-corrected chi connectivity index (χ1v) is 12.2. The molecule has 0 fully saturated rings. The largest absolute Gasteiger partial charge is 0.419 e. The van der Waals surface area contributed by atoms with Gasteiger partial charge in [-0.05, 0) is 46.9 Å². The summed E-state index contributed by atoms with van der Waals surface area (Å²) in [6.45, 7) is 0.572. The fourth-order valence-electron chi connectivity index (χ4n) is 4.63. The highest BCUT2D eigenvalue weighted by Crippen LogP contribution is 2.32. The molecule has 11 heteroatoms. The number of benzene rings is 3. The SMILES string of the molecule is [B]C(=O)N[C@@H](Cc1ccccc1)C(=O)N1CCc2c(cccc2NC(=O)Cc2ccc(C(F)(F)F)c(F)c2)C1. The zero-order valence-corrected chi connectivity index (χ0v) is 20.7. The van der Waals surface area contributed by atoms with Crippen molar-refractivity contribution in [3.05, 3.63) is 100 Å². The van der Waals surface area contributed by atoms with E-state index < -0.39 is 35.3 Å². The number of carbonyl (C=O) groups is 3. The lowest BCUT2D eigenvalue weighted by Gasteiger charge is -2.33. The van der Waals surface area contributed by atoms with Gasteiger partial charge in [0.05, 0.1) is 12.0 Å². The monoisotopic (exact) mass is 537 g/mol. The Morgan fingerprint density at radius 3 is 2.38 bits per heavy atom. The van der Waals surface area contributed by atoms with Crippen molar-refractivity contribution >= 4 is 31.2 Å². The minimum Gasteiger partial charge on any atom is -0.354 e. The van der Waals surface area contributed by atoms with Gasteiger partial charge in [0, 0.05) is 25.2 Å². The fourth-order valence-corrected chi connectivity index (χ4v) is 4.63. The van der Waals surface area contributed by atoms with Gasteiger partial charge in [-0.2, -0.15) is 13.2 Å². The molecule has 1 atom stereocenters. The second-order valence-corrected chi connectivity index (χ2v) is 9.24. The topological polar surface area (TPSA) is 78.5 Å². The molecule has 3 aromatic rings. The first-order valence-electron chi connectivity index (χ1n) is 12.2. The Balaban J connectivity index is 1.44. The predicted molar refractivity (Wildman–Crippen MR) is 138 cm³/mol. The number of nitrogens with one attached hydrogen (secondary N) is 2. The maximum absolute atomic E-state index is 13.9. The Kier molecular flexibility index (Phi) is 8.37. The van der Waals surface area contributed by atoms with Crippen LogP contribution >= 0.6 is 0 Å². The van der Waals surface area contributed by atoms with Crippen molar-refractivity contribution in [2.75, 3.05) is 11.9 Å². The highest BCUT2D eigenvalue weighted by molar-refractivity contribution is 6.57. The van der Waals surface area contributed by atoms with Crippen LogP contribution in [0.15, 0.2) is 66.7 Å². The summed E-state index contributed by atoms with van der Waals surface area (Å²) in [4.78, 5) is 39.1. The lowest BCUT2D eigenvalue weighted by Crippen LogP contribution is -2.50. The van der Waals surface area contributed by atoms with Crippen LogP contribution in [0.5, 0.6) is 0 Å². The zero-order chi connectivity index (χ0) is 28.2. The fraction of sp³-hybridized carbons (Fsp3) is 0.250. The lowest BCUT2D eigenvalue weighted by molar-refractivity contribution is -0.140. The molecule has 0 saturated heterocycles. The van der Waals surface area contributed by atoms with Crippen LogP contribution in [0, 0.1) is 5.82 Å². The lowest BCUT2D eigenvalue weighted by atomic mass is 9.96. The van der Waals surface area contributed by atoms with Crippen molar-refractivity contribution in [1.29, 1.82) is 0 Å². The minimum absolute atomic E-state index is 0.103. The van der Waals surface area contributed by atoms with E-state index in [0.29, 0.717) is 30.8 Å². The molecule has 0 unspecified atom stereocenters. The third-order valence-corrected chi connectivity index (χ3v) is 6.45. The molecular weight excluding hydrogens is 513 g/mol. The summed E-state index contributed by atoms with van der Waals surface area (Å²) in [5.74, 6) is -3.05. The van der Waals surface area contributed by atoms with Crippen LogP contribution < -0.4 is 10.6 Å². The molecule has 200 valence electrons. The van der Waals surface area contributed by atoms with Crippen LogP contribution in [-0.4, -0.2) is 43.0 Å². The second-order valence-electron chi connectivity index (χ2n) is 9.24. The smallest absolute Gasteiger partial charge is 0.354 e. The Morgan fingerprint density at radius 1 is 0.974 bits per heavy atom. The van der Waals surface area contributed by atoms with E-state index in [-0.39, 0.29) is 30.9 Å². The summed E-state index contributed by atoms with van der Waals surface area (Å²) < 4.78 is 52.3. The number of alkyl halides is 3. The Morgan fingerprint density at radius 2 is 1.72 bits per heavy atom. The molecule has 4 rings (SSSR count). The number of fused-ring (bicyclic) bond motifs is 1. The molecule has 0 saturated carbocycles. The van der Waals surface area contributed by atoms with Crippen molar-refractivity contribution in [3.63, 3.8) is 0 Å². The molecule has 0 spiro atoms. The first-order chi connectivity index (χ1) is 18.5. The molecule has 1 aliphatic rings. The van der Waals surface area contributed by atoms with E-state index in [2.05, 4.69) is 10.6 Å². The zero-order valence-electron chi connectivity index (χ0n) is 20.7. The van der Waals surface area contributed by atoms with Crippen molar-refractivity contribution in [2.45, 2.75) is 38.0 Å². The van der Waals surface area contributed by atoms with E-state index in [1.165, 1.54) is 0 Å². The molecule has 1 heterocycles. The summed E-state index contributed by atoms with van der Waals surface area (Å²) in [5.41, 5.74) is 1.69. The van der Waals surface area contributed by atoms with Crippen molar-refractivity contribution in [3.8, 4) is 0 Å². The summed E-state index contributed by atoms with van der Waals surface area (Å²) in [5, 5.41) is 5.28. The number of rotatable bonds is 7. The van der Waals surface area contributed by atoms with Crippen LogP contribution in [0.25, 0.3) is 0 Å². The van der Waals surface area contributed by atoms with Gasteiger partial charge in [-0.1, -0.05) is 48.5 Å². The molecule has 3 aromatic carbocycles. The van der Waals surface area contributed by atoms with E-state index in [9.17, 15) is 31.9 Å². The molecule has 2 radical (unpaired) electrons. The first kappa shape index (κ1) is 27.9. The maximum Gasteiger partial charge on any atom is 0.419 e. The van der Waals surface area contributed by atoms with Crippen LogP contribution in [-0.2, 0) is 41.6 Å². The maximum atomic E-state index is 13.9. The molecular formula is C28H24BF4N3O3. The van der Waals surface area contributed by atoms with Crippen molar-refractivity contribution in [1.82, 2.24) is 10.2 Å².